The summed E-state index contributed by atoms with van der Waals surface area (Å²) in [5.74, 6) is 8.45. The number of non-ortho nitro benzene ring substituents is 1. The molecule has 1 aromatic carbocycles. The fraction of sp³-hybridized carbons (Fsp3) is 0.231. The van der Waals surface area contributed by atoms with Crippen molar-refractivity contribution in [2.75, 3.05) is 0 Å². The Morgan fingerprint density at radius 3 is 2.18 bits per heavy atom. The van der Waals surface area contributed by atoms with E-state index in [1.54, 1.807) is 12.1 Å². The Labute approximate surface area is 102 Å². The SMILES string of the molecule is C[Si](C)(C)C#CC#Cc1ccc([N+](=O)[O-])cc1. The second kappa shape index (κ2) is 5.34. The lowest BCUT2D eigenvalue weighted by atomic mass is 10.2. The van der Waals surface area contributed by atoms with Gasteiger partial charge in [-0.15, -0.1) is 5.54 Å². The van der Waals surface area contributed by atoms with Crippen LogP contribution in [-0.2, 0) is 0 Å². The first-order chi connectivity index (χ1) is 7.88. The van der Waals surface area contributed by atoms with E-state index in [4.69, 9.17) is 0 Å². The number of nitro benzene ring substituents is 1. The van der Waals surface area contributed by atoms with Gasteiger partial charge < -0.3 is 0 Å². The third-order valence-electron chi connectivity index (χ3n) is 1.78. The number of hydrogen-bond donors (Lipinski definition) is 0. The highest BCUT2D eigenvalue weighted by Crippen LogP contribution is 2.10. The van der Waals surface area contributed by atoms with E-state index < -0.39 is 13.0 Å². The molecule has 0 amide bonds. The molecular formula is C13H13NO2Si. The minimum atomic E-state index is -1.37. The minimum Gasteiger partial charge on any atom is -0.258 e. The van der Waals surface area contributed by atoms with Crippen LogP contribution in [0.2, 0.25) is 19.6 Å². The van der Waals surface area contributed by atoms with E-state index in [-0.39, 0.29) is 5.69 Å². The second-order valence-electron chi connectivity index (χ2n) is 4.55. The quantitative estimate of drug-likeness (QED) is 0.329. The highest BCUT2D eigenvalue weighted by Gasteiger charge is 2.06. The van der Waals surface area contributed by atoms with Gasteiger partial charge in [0.1, 0.15) is 8.07 Å². The molecule has 0 aliphatic rings. The molecule has 0 aliphatic heterocycles. The van der Waals surface area contributed by atoms with Crippen LogP contribution in [0.25, 0.3) is 0 Å². The minimum absolute atomic E-state index is 0.0729. The van der Waals surface area contributed by atoms with Gasteiger partial charge in [0.15, 0.2) is 0 Å². The predicted octanol–water partition coefficient (Wildman–Crippen LogP) is 2.83. The van der Waals surface area contributed by atoms with Gasteiger partial charge in [-0.2, -0.15) is 0 Å². The van der Waals surface area contributed by atoms with Crippen LogP contribution >= 0.6 is 0 Å². The average Bonchev–Trinajstić information content (AvgIpc) is 2.24. The molecule has 0 spiro atoms. The van der Waals surface area contributed by atoms with Crippen molar-refractivity contribution in [1.82, 2.24) is 0 Å². The summed E-state index contributed by atoms with van der Waals surface area (Å²) in [6, 6.07) is 6.13. The first-order valence-electron chi connectivity index (χ1n) is 5.16. The van der Waals surface area contributed by atoms with Crippen molar-refractivity contribution in [1.29, 1.82) is 0 Å². The molecule has 0 heterocycles. The molecule has 0 saturated heterocycles. The third-order valence-corrected chi connectivity index (χ3v) is 2.66. The van der Waals surface area contributed by atoms with Crippen LogP contribution < -0.4 is 0 Å². The maximum absolute atomic E-state index is 10.4. The van der Waals surface area contributed by atoms with Crippen molar-refractivity contribution < 1.29 is 4.92 Å². The summed E-state index contributed by atoms with van der Waals surface area (Å²) in [4.78, 5) is 10.0. The summed E-state index contributed by atoms with van der Waals surface area (Å²) in [7, 11) is -1.37. The lowest BCUT2D eigenvalue weighted by molar-refractivity contribution is -0.384. The van der Waals surface area contributed by atoms with Crippen LogP contribution in [0, 0.1) is 33.4 Å². The normalized spacial score (nSPS) is 9.59. The number of benzene rings is 1. The molecule has 86 valence electrons. The standard InChI is InChI=1S/C13H13NO2Si/c1-17(2,3)11-5-4-6-12-7-9-13(10-8-12)14(15)16/h7-10H,1-3H3. The third kappa shape index (κ3) is 5.01. The van der Waals surface area contributed by atoms with E-state index in [1.165, 1.54) is 12.1 Å². The smallest absolute Gasteiger partial charge is 0.258 e. The van der Waals surface area contributed by atoms with Crippen LogP contribution in [-0.4, -0.2) is 13.0 Å². The maximum atomic E-state index is 10.4. The van der Waals surface area contributed by atoms with Gasteiger partial charge in [-0.25, -0.2) is 0 Å². The Hall–Kier alpha value is -2.04. The maximum Gasteiger partial charge on any atom is 0.269 e. The number of rotatable bonds is 1. The Kier molecular flexibility index (Phi) is 4.09. The summed E-state index contributed by atoms with van der Waals surface area (Å²) in [6.45, 7) is 6.44. The van der Waals surface area contributed by atoms with Gasteiger partial charge in [0.25, 0.3) is 5.69 Å². The van der Waals surface area contributed by atoms with Crippen LogP contribution in [0.15, 0.2) is 24.3 Å². The zero-order valence-electron chi connectivity index (χ0n) is 10.1. The highest BCUT2D eigenvalue weighted by molar-refractivity contribution is 6.83. The van der Waals surface area contributed by atoms with Gasteiger partial charge in [-0.3, -0.25) is 10.1 Å². The molecular weight excluding hydrogens is 230 g/mol. The van der Waals surface area contributed by atoms with Crippen molar-refractivity contribution in [2.45, 2.75) is 19.6 Å². The predicted molar refractivity (Wildman–Crippen MR) is 71.1 cm³/mol. The van der Waals surface area contributed by atoms with E-state index in [9.17, 15) is 10.1 Å². The largest absolute Gasteiger partial charge is 0.269 e. The Morgan fingerprint density at radius 1 is 1.12 bits per heavy atom. The average molecular weight is 243 g/mol. The van der Waals surface area contributed by atoms with Gasteiger partial charge in [0, 0.05) is 17.7 Å². The number of hydrogen-bond acceptors (Lipinski definition) is 2. The zero-order chi connectivity index (χ0) is 12.9. The molecule has 0 fully saturated rings. The molecule has 0 saturated carbocycles. The summed E-state index contributed by atoms with van der Waals surface area (Å²) < 4.78 is 0. The van der Waals surface area contributed by atoms with Crippen molar-refractivity contribution >= 4 is 13.8 Å². The molecule has 4 heteroatoms. The van der Waals surface area contributed by atoms with Crippen LogP contribution in [0.1, 0.15) is 5.56 Å². The summed E-state index contributed by atoms with van der Waals surface area (Å²) in [5, 5.41) is 10.4. The lowest BCUT2D eigenvalue weighted by Crippen LogP contribution is -2.16. The second-order valence-corrected chi connectivity index (χ2v) is 9.30. The Balaban J connectivity index is 2.79. The van der Waals surface area contributed by atoms with Gasteiger partial charge in [-0.1, -0.05) is 25.6 Å². The van der Waals surface area contributed by atoms with E-state index in [2.05, 4.69) is 42.9 Å². The van der Waals surface area contributed by atoms with Crippen LogP contribution in [0.4, 0.5) is 5.69 Å². The van der Waals surface area contributed by atoms with E-state index in [0.29, 0.717) is 0 Å². The lowest BCUT2D eigenvalue weighted by Gasteiger charge is -2.01. The van der Waals surface area contributed by atoms with Crippen molar-refractivity contribution in [3.8, 4) is 23.3 Å². The topological polar surface area (TPSA) is 43.1 Å². The van der Waals surface area contributed by atoms with E-state index in [0.717, 1.165) is 5.56 Å². The monoisotopic (exact) mass is 243 g/mol. The number of nitrogens with zero attached hydrogens (tertiary/aromatic N) is 1. The first-order valence-corrected chi connectivity index (χ1v) is 8.66. The summed E-state index contributed by atoms with van der Waals surface area (Å²) in [6.07, 6.45) is 0. The molecule has 17 heavy (non-hydrogen) atoms. The molecule has 0 bridgehead atoms. The van der Waals surface area contributed by atoms with Crippen LogP contribution in [0.5, 0.6) is 0 Å². The highest BCUT2D eigenvalue weighted by atomic mass is 28.3. The Morgan fingerprint density at radius 2 is 1.71 bits per heavy atom. The van der Waals surface area contributed by atoms with Crippen molar-refractivity contribution in [3.63, 3.8) is 0 Å². The Bertz CT molecular complexity index is 533. The molecule has 0 radical (unpaired) electrons. The van der Waals surface area contributed by atoms with Crippen molar-refractivity contribution in [2.24, 2.45) is 0 Å². The zero-order valence-corrected chi connectivity index (χ0v) is 11.1. The summed E-state index contributed by atoms with van der Waals surface area (Å²) in [5.41, 5.74) is 3.94. The van der Waals surface area contributed by atoms with Crippen LogP contribution in [0.3, 0.4) is 0 Å². The molecule has 0 aromatic heterocycles. The molecule has 0 unspecified atom stereocenters. The van der Waals surface area contributed by atoms with Gasteiger partial charge in [0.05, 0.1) is 4.92 Å². The fourth-order valence-electron chi connectivity index (χ4n) is 0.989. The number of nitro groups is 1. The van der Waals surface area contributed by atoms with E-state index >= 15 is 0 Å². The van der Waals surface area contributed by atoms with Crippen molar-refractivity contribution in [3.05, 3.63) is 39.9 Å². The van der Waals surface area contributed by atoms with Gasteiger partial charge in [-0.05, 0) is 24.0 Å². The molecule has 0 atom stereocenters. The first kappa shape index (κ1) is 13.0. The fourth-order valence-corrected chi connectivity index (χ4v) is 1.43. The molecule has 3 nitrogen and oxygen atoms in total. The van der Waals surface area contributed by atoms with Gasteiger partial charge in [0.2, 0.25) is 0 Å². The van der Waals surface area contributed by atoms with Gasteiger partial charge >= 0.3 is 0 Å². The molecule has 0 N–H and O–H groups in total. The van der Waals surface area contributed by atoms with E-state index in [1.807, 2.05) is 0 Å². The molecule has 1 rings (SSSR count). The molecule has 1 aromatic rings. The summed E-state index contributed by atoms with van der Waals surface area (Å²) >= 11 is 0. The molecule has 0 aliphatic carbocycles.